The summed E-state index contributed by atoms with van der Waals surface area (Å²) in [5, 5.41) is 13.3. The van der Waals surface area contributed by atoms with Crippen LogP contribution in [0.25, 0.3) is 11.4 Å². The Labute approximate surface area is 145 Å². The average molecular weight is 347 g/mol. The van der Waals surface area contributed by atoms with E-state index in [0.717, 1.165) is 17.0 Å². The van der Waals surface area contributed by atoms with Crippen molar-refractivity contribution in [2.45, 2.75) is 31.2 Å². The molecule has 1 heterocycles. The highest BCUT2D eigenvalue weighted by Crippen LogP contribution is 2.26. The molecule has 0 fully saturated rings. The number of hydrogen-bond donors (Lipinski definition) is 2. The van der Waals surface area contributed by atoms with Gasteiger partial charge in [0, 0.05) is 19.2 Å². The van der Waals surface area contributed by atoms with Gasteiger partial charge in [-0.1, -0.05) is 35.5 Å². The summed E-state index contributed by atoms with van der Waals surface area (Å²) in [4.78, 5) is 23.4. The quantitative estimate of drug-likeness (QED) is 0.809. The maximum absolute atomic E-state index is 12.0. The molecular formula is C16H21N5O2S. The minimum Gasteiger partial charge on any atom is -0.338 e. The molecule has 1 unspecified atom stereocenters. The van der Waals surface area contributed by atoms with Crippen molar-refractivity contribution in [2.75, 3.05) is 6.54 Å². The van der Waals surface area contributed by atoms with E-state index in [1.165, 1.54) is 11.8 Å². The molecule has 2 N–H and O–H groups in total. The van der Waals surface area contributed by atoms with Crippen LogP contribution in [0.2, 0.25) is 0 Å². The lowest BCUT2D eigenvalue weighted by Crippen LogP contribution is -2.42. The van der Waals surface area contributed by atoms with Crippen molar-refractivity contribution in [1.82, 2.24) is 25.4 Å². The first-order valence-corrected chi connectivity index (χ1v) is 8.52. The molecular weight excluding hydrogens is 326 g/mol. The Hall–Kier alpha value is -2.35. The molecule has 2 aromatic rings. The molecule has 1 atom stereocenters. The van der Waals surface area contributed by atoms with E-state index in [9.17, 15) is 9.59 Å². The number of imide groups is 1. The zero-order valence-corrected chi connectivity index (χ0v) is 15.0. The topological polar surface area (TPSA) is 88.9 Å². The number of rotatable bonds is 5. The predicted octanol–water partition coefficient (Wildman–Crippen LogP) is 2.12. The molecule has 0 aliphatic heterocycles. The van der Waals surface area contributed by atoms with Gasteiger partial charge in [0.1, 0.15) is 0 Å². The second-order valence-corrected chi connectivity index (χ2v) is 6.65. The van der Waals surface area contributed by atoms with Crippen molar-refractivity contribution >= 4 is 23.7 Å². The SMILES string of the molecule is CCNC(=O)NC(=O)C(C)Sc1nnc(-c2cccc(C)c2)n1C. The van der Waals surface area contributed by atoms with E-state index in [-0.39, 0.29) is 5.91 Å². The minimum absolute atomic E-state index is 0.369. The number of aromatic nitrogens is 3. The van der Waals surface area contributed by atoms with E-state index in [1.807, 2.05) is 42.8 Å². The predicted molar refractivity (Wildman–Crippen MR) is 93.7 cm³/mol. The lowest BCUT2D eigenvalue weighted by Gasteiger charge is -2.11. The lowest BCUT2D eigenvalue weighted by molar-refractivity contribution is -0.119. The summed E-state index contributed by atoms with van der Waals surface area (Å²) >= 11 is 1.26. The monoisotopic (exact) mass is 347 g/mol. The molecule has 7 nitrogen and oxygen atoms in total. The Bertz CT molecular complexity index is 744. The van der Waals surface area contributed by atoms with Gasteiger partial charge in [-0.15, -0.1) is 10.2 Å². The van der Waals surface area contributed by atoms with Crippen molar-refractivity contribution < 1.29 is 9.59 Å². The van der Waals surface area contributed by atoms with Crippen LogP contribution in [0.3, 0.4) is 0 Å². The summed E-state index contributed by atoms with van der Waals surface area (Å²) in [5.74, 6) is 0.364. The zero-order valence-electron chi connectivity index (χ0n) is 14.2. The first-order chi connectivity index (χ1) is 11.4. The van der Waals surface area contributed by atoms with Crippen molar-refractivity contribution in [3.8, 4) is 11.4 Å². The van der Waals surface area contributed by atoms with Gasteiger partial charge < -0.3 is 9.88 Å². The van der Waals surface area contributed by atoms with Gasteiger partial charge in [-0.2, -0.15) is 0 Å². The van der Waals surface area contributed by atoms with Gasteiger partial charge in [0.05, 0.1) is 5.25 Å². The molecule has 0 aliphatic carbocycles. The molecule has 1 aromatic carbocycles. The van der Waals surface area contributed by atoms with Crippen LogP contribution < -0.4 is 10.6 Å². The highest BCUT2D eigenvalue weighted by molar-refractivity contribution is 8.00. The average Bonchev–Trinajstić information content (AvgIpc) is 2.88. The Kier molecular flexibility index (Phi) is 5.97. The van der Waals surface area contributed by atoms with Gasteiger partial charge in [-0.3, -0.25) is 10.1 Å². The molecule has 0 saturated heterocycles. The molecule has 24 heavy (non-hydrogen) atoms. The van der Waals surface area contributed by atoms with Crippen LogP contribution in [0, 0.1) is 6.92 Å². The summed E-state index contributed by atoms with van der Waals surface area (Å²) in [6, 6.07) is 7.49. The highest BCUT2D eigenvalue weighted by atomic mass is 32.2. The molecule has 0 spiro atoms. The number of nitrogens with zero attached hydrogens (tertiary/aromatic N) is 3. The van der Waals surface area contributed by atoms with Crippen LogP contribution in [0.15, 0.2) is 29.4 Å². The lowest BCUT2D eigenvalue weighted by atomic mass is 10.1. The van der Waals surface area contributed by atoms with Gasteiger partial charge in [0.15, 0.2) is 11.0 Å². The maximum Gasteiger partial charge on any atom is 0.321 e. The number of benzene rings is 1. The van der Waals surface area contributed by atoms with Crippen molar-refractivity contribution in [2.24, 2.45) is 7.05 Å². The van der Waals surface area contributed by atoms with E-state index in [4.69, 9.17) is 0 Å². The smallest absolute Gasteiger partial charge is 0.321 e. The van der Waals surface area contributed by atoms with E-state index in [1.54, 1.807) is 13.8 Å². The van der Waals surface area contributed by atoms with Crippen LogP contribution in [0.5, 0.6) is 0 Å². The summed E-state index contributed by atoms with van der Waals surface area (Å²) < 4.78 is 1.84. The normalized spacial score (nSPS) is 11.8. The number of carbonyl (C=O) groups is 2. The van der Waals surface area contributed by atoms with Crippen LogP contribution >= 0.6 is 11.8 Å². The zero-order chi connectivity index (χ0) is 17.7. The number of urea groups is 1. The van der Waals surface area contributed by atoms with Gasteiger partial charge in [-0.05, 0) is 26.8 Å². The second kappa shape index (κ2) is 7.96. The van der Waals surface area contributed by atoms with Gasteiger partial charge >= 0.3 is 6.03 Å². The van der Waals surface area contributed by atoms with E-state index < -0.39 is 11.3 Å². The Morgan fingerprint density at radius 3 is 2.75 bits per heavy atom. The minimum atomic E-state index is -0.492. The third kappa shape index (κ3) is 4.35. The number of carbonyl (C=O) groups excluding carboxylic acids is 2. The number of nitrogens with one attached hydrogen (secondary N) is 2. The maximum atomic E-state index is 12.0. The summed E-state index contributed by atoms with van der Waals surface area (Å²) in [6.07, 6.45) is 0. The molecule has 0 aliphatic rings. The van der Waals surface area contributed by atoms with Gasteiger partial charge in [0.25, 0.3) is 0 Å². The molecule has 128 valence electrons. The highest BCUT2D eigenvalue weighted by Gasteiger charge is 2.20. The van der Waals surface area contributed by atoms with Gasteiger partial charge in [-0.25, -0.2) is 4.79 Å². The Balaban J connectivity index is 2.08. The fraction of sp³-hybridized carbons (Fsp3) is 0.375. The molecule has 0 saturated carbocycles. The molecule has 0 bridgehead atoms. The number of aryl methyl sites for hydroxylation is 1. The number of amides is 3. The first-order valence-electron chi connectivity index (χ1n) is 7.64. The van der Waals surface area contributed by atoms with E-state index in [2.05, 4.69) is 20.8 Å². The number of hydrogen-bond acceptors (Lipinski definition) is 5. The van der Waals surface area contributed by atoms with Crippen LogP contribution in [0.4, 0.5) is 4.79 Å². The Morgan fingerprint density at radius 1 is 1.33 bits per heavy atom. The van der Waals surface area contributed by atoms with E-state index in [0.29, 0.717) is 11.7 Å². The molecule has 1 aromatic heterocycles. The molecule has 0 radical (unpaired) electrons. The van der Waals surface area contributed by atoms with Crippen molar-refractivity contribution in [3.05, 3.63) is 29.8 Å². The standard InChI is InChI=1S/C16H21N5O2S/c1-5-17-15(23)18-14(22)11(3)24-16-20-19-13(21(16)4)12-8-6-7-10(2)9-12/h6-9,11H,5H2,1-4H3,(H2,17,18,22,23). The van der Waals surface area contributed by atoms with Crippen LogP contribution in [-0.2, 0) is 11.8 Å². The van der Waals surface area contributed by atoms with Crippen LogP contribution in [-0.4, -0.2) is 38.5 Å². The fourth-order valence-electron chi connectivity index (χ4n) is 2.08. The molecule has 2 rings (SSSR count). The third-order valence-electron chi connectivity index (χ3n) is 3.34. The van der Waals surface area contributed by atoms with Gasteiger partial charge in [0.2, 0.25) is 5.91 Å². The first kappa shape index (κ1) is 18.0. The fourth-order valence-corrected chi connectivity index (χ4v) is 2.90. The third-order valence-corrected chi connectivity index (χ3v) is 4.47. The summed E-state index contributed by atoms with van der Waals surface area (Å²) in [6.45, 7) is 5.99. The summed E-state index contributed by atoms with van der Waals surface area (Å²) in [7, 11) is 1.86. The summed E-state index contributed by atoms with van der Waals surface area (Å²) in [5.41, 5.74) is 2.11. The van der Waals surface area contributed by atoms with Crippen LogP contribution in [0.1, 0.15) is 19.4 Å². The number of thioether (sulfide) groups is 1. The van der Waals surface area contributed by atoms with Crippen molar-refractivity contribution in [3.63, 3.8) is 0 Å². The Morgan fingerprint density at radius 2 is 2.08 bits per heavy atom. The van der Waals surface area contributed by atoms with E-state index >= 15 is 0 Å². The molecule has 8 heteroatoms. The van der Waals surface area contributed by atoms with Crippen molar-refractivity contribution in [1.29, 1.82) is 0 Å². The molecule has 3 amide bonds. The largest absolute Gasteiger partial charge is 0.338 e. The second-order valence-electron chi connectivity index (χ2n) is 5.34.